The molecule has 3 nitrogen and oxygen atoms in total. The summed E-state index contributed by atoms with van der Waals surface area (Å²) < 4.78 is 0. The van der Waals surface area contributed by atoms with Crippen LogP contribution in [0.25, 0.3) is 0 Å². The van der Waals surface area contributed by atoms with E-state index in [9.17, 15) is 5.11 Å². The van der Waals surface area contributed by atoms with Gasteiger partial charge in [-0.05, 0) is 11.6 Å². The number of nitrogens with zero attached hydrogens (tertiary/aromatic N) is 2. The first-order chi connectivity index (χ1) is 7.36. The van der Waals surface area contributed by atoms with Crippen LogP contribution in [0, 0.1) is 0 Å². The molecule has 2 aromatic rings. The molecular weight excluding hydrogens is 188 g/mol. The van der Waals surface area contributed by atoms with Gasteiger partial charge in [0.2, 0.25) is 0 Å². The fourth-order valence-corrected chi connectivity index (χ4v) is 1.41. The standard InChI is InChI=1S/C12H12N2O/c15-11(12-13-7-4-8-14-12)9-10-5-2-1-3-6-10/h1-8,11,15H,9H2. The summed E-state index contributed by atoms with van der Waals surface area (Å²) in [4.78, 5) is 8.03. The van der Waals surface area contributed by atoms with Crippen LogP contribution in [-0.4, -0.2) is 15.1 Å². The fraction of sp³-hybridized carbons (Fsp3) is 0.167. The zero-order valence-corrected chi connectivity index (χ0v) is 8.24. The van der Waals surface area contributed by atoms with Crippen LogP contribution < -0.4 is 0 Å². The highest BCUT2D eigenvalue weighted by atomic mass is 16.3. The number of rotatable bonds is 3. The molecule has 0 aliphatic carbocycles. The predicted molar refractivity (Wildman–Crippen MR) is 57.1 cm³/mol. The van der Waals surface area contributed by atoms with Crippen LogP contribution in [0.2, 0.25) is 0 Å². The molecule has 15 heavy (non-hydrogen) atoms. The minimum absolute atomic E-state index is 0.473. The normalized spacial score (nSPS) is 12.3. The molecule has 0 radical (unpaired) electrons. The molecule has 76 valence electrons. The van der Waals surface area contributed by atoms with Crippen LogP contribution in [0.4, 0.5) is 0 Å². The second kappa shape index (κ2) is 4.66. The number of hydrogen-bond acceptors (Lipinski definition) is 3. The maximum atomic E-state index is 9.85. The molecule has 0 aliphatic rings. The van der Waals surface area contributed by atoms with Crippen molar-refractivity contribution in [2.45, 2.75) is 12.5 Å². The molecule has 0 spiro atoms. The van der Waals surface area contributed by atoms with Crippen molar-refractivity contribution >= 4 is 0 Å². The SMILES string of the molecule is OC(Cc1ccccc1)c1ncccn1. The Bertz CT molecular complexity index is 402. The van der Waals surface area contributed by atoms with E-state index in [1.165, 1.54) is 0 Å². The number of benzene rings is 1. The second-order valence-corrected chi connectivity index (χ2v) is 3.31. The molecule has 1 unspecified atom stereocenters. The highest BCUT2D eigenvalue weighted by Gasteiger charge is 2.10. The minimum Gasteiger partial charge on any atom is -0.385 e. The zero-order valence-electron chi connectivity index (χ0n) is 8.24. The molecular formula is C12H12N2O. The smallest absolute Gasteiger partial charge is 0.157 e. The van der Waals surface area contributed by atoms with Crippen LogP contribution in [-0.2, 0) is 6.42 Å². The molecule has 0 fully saturated rings. The molecule has 0 amide bonds. The van der Waals surface area contributed by atoms with Gasteiger partial charge >= 0.3 is 0 Å². The average molecular weight is 200 g/mol. The monoisotopic (exact) mass is 200 g/mol. The number of aliphatic hydroxyl groups is 1. The largest absolute Gasteiger partial charge is 0.385 e. The first kappa shape index (κ1) is 9.80. The van der Waals surface area contributed by atoms with Crippen LogP contribution >= 0.6 is 0 Å². The maximum absolute atomic E-state index is 9.85. The number of hydrogen-bond donors (Lipinski definition) is 1. The molecule has 0 bridgehead atoms. The fourth-order valence-electron chi connectivity index (χ4n) is 1.41. The van der Waals surface area contributed by atoms with Crippen molar-refractivity contribution in [3.05, 3.63) is 60.2 Å². The van der Waals surface area contributed by atoms with Crippen LogP contribution in [0.5, 0.6) is 0 Å². The van der Waals surface area contributed by atoms with Gasteiger partial charge in [0, 0.05) is 18.8 Å². The highest BCUT2D eigenvalue weighted by Crippen LogP contribution is 2.13. The third kappa shape index (κ3) is 2.60. The van der Waals surface area contributed by atoms with E-state index in [2.05, 4.69) is 9.97 Å². The van der Waals surface area contributed by atoms with Crippen molar-refractivity contribution in [1.29, 1.82) is 0 Å². The Hall–Kier alpha value is -1.74. The summed E-state index contributed by atoms with van der Waals surface area (Å²) in [5.74, 6) is 0.473. The summed E-state index contributed by atoms with van der Waals surface area (Å²) in [6.45, 7) is 0. The average Bonchev–Trinajstić information content (AvgIpc) is 2.31. The van der Waals surface area contributed by atoms with Gasteiger partial charge in [-0.25, -0.2) is 9.97 Å². The van der Waals surface area contributed by atoms with Crippen LogP contribution in [0.1, 0.15) is 17.5 Å². The topological polar surface area (TPSA) is 46.0 Å². The molecule has 0 saturated carbocycles. The van der Waals surface area contributed by atoms with Gasteiger partial charge in [0.05, 0.1) is 0 Å². The Labute approximate surface area is 88.5 Å². The van der Waals surface area contributed by atoms with Gasteiger partial charge in [-0.3, -0.25) is 0 Å². The lowest BCUT2D eigenvalue weighted by Gasteiger charge is -2.08. The molecule has 3 heteroatoms. The van der Waals surface area contributed by atoms with Gasteiger partial charge in [0.15, 0.2) is 5.82 Å². The molecule has 1 heterocycles. The summed E-state index contributed by atoms with van der Waals surface area (Å²) in [5.41, 5.74) is 1.08. The molecule has 1 aromatic carbocycles. The molecule has 1 N–H and O–H groups in total. The van der Waals surface area contributed by atoms with E-state index in [1.54, 1.807) is 18.5 Å². The summed E-state index contributed by atoms with van der Waals surface area (Å²) in [6, 6.07) is 11.5. The second-order valence-electron chi connectivity index (χ2n) is 3.31. The molecule has 1 atom stereocenters. The molecule has 2 rings (SSSR count). The number of aromatic nitrogens is 2. The summed E-state index contributed by atoms with van der Waals surface area (Å²) in [6.07, 6.45) is 3.19. The number of aliphatic hydroxyl groups excluding tert-OH is 1. The Kier molecular flexibility index (Phi) is 3.05. The van der Waals surface area contributed by atoms with Gasteiger partial charge in [0.25, 0.3) is 0 Å². The first-order valence-corrected chi connectivity index (χ1v) is 4.85. The maximum Gasteiger partial charge on any atom is 0.157 e. The predicted octanol–water partition coefficient (Wildman–Crippen LogP) is 1.75. The molecule has 0 saturated heterocycles. The van der Waals surface area contributed by atoms with Crippen molar-refractivity contribution in [3.63, 3.8) is 0 Å². The Morgan fingerprint density at radius 3 is 2.33 bits per heavy atom. The zero-order chi connectivity index (χ0) is 10.5. The van der Waals surface area contributed by atoms with E-state index in [1.807, 2.05) is 30.3 Å². The van der Waals surface area contributed by atoms with Crippen molar-refractivity contribution in [3.8, 4) is 0 Å². The third-order valence-electron chi connectivity index (χ3n) is 2.16. The first-order valence-electron chi connectivity index (χ1n) is 4.85. The van der Waals surface area contributed by atoms with Crippen molar-refractivity contribution in [1.82, 2.24) is 9.97 Å². The summed E-state index contributed by atoms with van der Waals surface area (Å²) in [5, 5.41) is 9.85. The third-order valence-corrected chi connectivity index (χ3v) is 2.16. The Morgan fingerprint density at radius 1 is 1.00 bits per heavy atom. The van der Waals surface area contributed by atoms with Crippen molar-refractivity contribution in [2.75, 3.05) is 0 Å². The summed E-state index contributed by atoms with van der Waals surface area (Å²) >= 11 is 0. The van der Waals surface area contributed by atoms with E-state index in [-0.39, 0.29) is 0 Å². The Balaban J connectivity index is 2.08. The molecule has 1 aromatic heterocycles. The van der Waals surface area contributed by atoms with E-state index < -0.39 is 6.10 Å². The lowest BCUT2D eigenvalue weighted by molar-refractivity contribution is 0.168. The van der Waals surface area contributed by atoms with Gasteiger partial charge in [-0.1, -0.05) is 30.3 Å². The van der Waals surface area contributed by atoms with E-state index in [0.29, 0.717) is 12.2 Å². The molecule has 0 aliphatic heterocycles. The Morgan fingerprint density at radius 2 is 1.67 bits per heavy atom. The lowest BCUT2D eigenvalue weighted by Crippen LogP contribution is -2.05. The van der Waals surface area contributed by atoms with Crippen LogP contribution in [0.15, 0.2) is 48.8 Å². The van der Waals surface area contributed by atoms with E-state index in [0.717, 1.165) is 5.56 Å². The highest BCUT2D eigenvalue weighted by molar-refractivity contribution is 5.16. The van der Waals surface area contributed by atoms with E-state index in [4.69, 9.17) is 0 Å². The quantitative estimate of drug-likeness (QED) is 0.821. The van der Waals surface area contributed by atoms with Gasteiger partial charge in [0.1, 0.15) is 6.10 Å². The van der Waals surface area contributed by atoms with E-state index >= 15 is 0 Å². The summed E-state index contributed by atoms with van der Waals surface area (Å²) in [7, 11) is 0. The lowest BCUT2D eigenvalue weighted by atomic mass is 10.1. The van der Waals surface area contributed by atoms with Gasteiger partial charge in [-0.2, -0.15) is 0 Å². The van der Waals surface area contributed by atoms with Crippen molar-refractivity contribution in [2.24, 2.45) is 0 Å². The van der Waals surface area contributed by atoms with Gasteiger partial charge in [-0.15, -0.1) is 0 Å². The minimum atomic E-state index is -0.631. The van der Waals surface area contributed by atoms with Crippen LogP contribution in [0.3, 0.4) is 0 Å². The van der Waals surface area contributed by atoms with Gasteiger partial charge < -0.3 is 5.11 Å². The van der Waals surface area contributed by atoms with Crippen molar-refractivity contribution < 1.29 is 5.11 Å².